The van der Waals surface area contributed by atoms with Gasteiger partial charge in [-0.2, -0.15) is 0 Å². The van der Waals surface area contributed by atoms with E-state index in [2.05, 4.69) is 54.9 Å². The lowest BCUT2D eigenvalue weighted by molar-refractivity contribution is 0.506. The Morgan fingerprint density at radius 2 is 2.00 bits per heavy atom. The molecule has 0 heterocycles. The van der Waals surface area contributed by atoms with Crippen molar-refractivity contribution in [1.29, 1.82) is 0 Å². The molecule has 0 radical (unpaired) electrons. The summed E-state index contributed by atoms with van der Waals surface area (Å²) >= 11 is 3.51. The Morgan fingerprint density at radius 3 is 2.43 bits per heavy atom. The zero-order chi connectivity index (χ0) is 10.7. The first-order valence-corrected chi connectivity index (χ1v) is 5.81. The summed E-state index contributed by atoms with van der Waals surface area (Å²) < 4.78 is 1.17. The largest absolute Gasteiger partial charge is 0.330 e. The highest BCUT2D eigenvalue weighted by atomic mass is 79.9. The van der Waals surface area contributed by atoms with Crippen molar-refractivity contribution in [3.63, 3.8) is 0 Å². The molecule has 0 saturated heterocycles. The van der Waals surface area contributed by atoms with Crippen molar-refractivity contribution >= 4 is 15.9 Å². The van der Waals surface area contributed by atoms with Crippen LogP contribution in [-0.2, 0) is 0 Å². The summed E-state index contributed by atoms with van der Waals surface area (Å²) in [6.45, 7) is 7.27. The maximum Gasteiger partial charge on any atom is 0.0204 e. The van der Waals surface area contributed by atoms with E-state index in [0.29, 0.717) is 11.8 Å². The first-order chi connectivity index (χ1) is 6.56. The molecule has 0 aliphatic heterocycles. The zero-order valence-electron chi connectivity index (χ0n) is 9.05. The summed E-state index contributed by atoms with van der Waals surface area (Å²) in [5.74, 6) is 1.07. The zero-order valence-corrected chi connectivity index (χ0v) is 10.6. The van der Waals surface area contributed by atoms with Crippen LogP contribution in [0.25, 0.3) is 0 Å². The van der Waals surface area contributed by atoms with E-state index in [4.69, 9.17) is 5.73 Å². The van der Waals surface area contributed by atoms with Crippen LogP contribution >= 0.6 is 15.9 Å². The van der Waals surface area contributed by atoms with Crippen LogP contribution in [0.3, 0.4) is 0 Å². The van der Waals surface area contributed by atoms with Gasteiger partial charge in [-0.05, 0) is 42.5 Å². The molecule has 1 aromatic rings. The highest BCUT2D eigenvalue weighted by Gasteiger charge is 2.14. The van der Waals surface area contributed by atoms with Crippen molar-refractivity contribution in [1.82, 2.24) is 0 Å². The van der Waals surface area contributed by atoms with Crippen molar-refractivity contribution < 1.29 is 0 Å². The molecule has 78 valence electrons. The first kappa shape index (κ1) is 11.7. The molecule has 0 bridgehead atoms. The minimum atomic E-state index is 0.474. The van der Waals surface area contributed by atoms with E-state index in [9.17, 15) is 0 Å². The van der Waals surface area contributed by atoms with Gasteiger partial charge in [0.2, 0.25) is 0 Å². The average Bonchev–Trinajstić information content (AvgIpc) is 2.11. The fourth-order valence-electron chi connectivity index (χ4n) is 1.69. The molecule has 1 rings (SSSR count). The highest BCUT2D eigenvalue weighted by Crippen LogP contribution is 2.26. The normalized spacial score (nSPS) is 13.3. The topological polar surface area (TPSA) is 26.0 Å². The summed E-state index contributed by atoms with van der Waals surface area (Å²) in [5, 5.41) is 0. The van der Waals surface area contributed by atoms with Gasteiger partial charge in [-0.3, -0.25) is 0 Å². The van der Waals surface area contributed by atoms with Crippen molar-refractivity contribution in [2.45, 2.75) is 26.7 Å². The molecule has 1 aromatic carbocycles. The summed E-state index contributed by atoms with van der Waals surface area (Å²) in [7, 11) is 0. The standard InChI is InChI=1S/C12H18BrN/c1-8(2)11(7-14)10-4-5-12(13)9(3)6-10/h4-6,8,11H,7,14H2,1-3H3. The van der Waals surface area contributed by atoms with Crippen LogP contribution < -0.4 is 5.73 Å². The lowest BCUT2D eigenvalue weighted by atomic mass is 9.88. The van der Waals surface area contributed by atoms with Crippen molar-refractivity contribution in [2.75, 3.05) is 6.54 Å². The average molecular weight is 256 g/mol. The smallest absolute Gasteiger partial charge is 0.0204 e. The molecule has 0 aromatic heterocycles. The van der Waals surface area contributed by atoms with Gasteiger partial charge in [0.15, 0.2) is 0 Å². The molecule has 1 nitrogen and oxygen atoms in total. The summed E-state index contributed by atoms with van der Waals surface area (Å²) in [6, 6.07) is 6.49. The van der Waals surface area contributed by atoms with Crippen LogP contribution in [0.2, 0.25) is 0 Å². The lowest BCUT2D eigenvalue weighted by Gasteiger charge is -2.20. The van der Waals surface area contributed by atoms with E-state index in [0.717, 1.165) is 6.54 Å². The highest BCUT2D eigenvalue weighted by molar-refractivity contribution is 9.10. The first-order valence-electron chi connectivity index (χ1n) is 5.02. The molecule has 0 aliphatic carbocycles. The number of aryl methyl sites for hydroxylation is 1. The van der Waals surface area contributed by atoms with E-state index in [1.54, 1.807) is 0 Å². The lowest BCUT2D eigenvalue weighted by Crippen LogP contribution is -2.17. The molecule has 2 heteroatoms. The van der Waals surface area contributed by atoms with Gasteiger partial charge in [-0.1, -0.05) is 41.9 Å². The molecule has 2 N–H and O–H groups in total. The van der Waals surface area contributed by atoms with Crippen LogP contribution in [0.1, 0.15) is 30.9 Å². The van der Waals surface area contributed by atoms with Crippen molar-refractivity contribution in [2.24, 2.45) is 11.7 Å². The van der Waals surface area contributed by atoms with Gasteiger partial charge in [0, 0.05) is 4.47 Å². The van der Waals surface area contributed by atoms with Crippen LogP contribution in [0.15, 0.2) is 22.7 Å². The summed E-state index contributed by atoms with van der Waals surface area (Å²) in [5.41, 5.74) is 8.41. The van der Waals surface area contributed by atoms with Gasteiger partial charge >= 0.3 is 0 Å². The van der Waals surface area contributed by atoms with Crippen molar-refractivity contribution in [3.8, 4) is 0 Å². The molecule has 0 saturated carbocycles. The molecular weight excluding hydrogens is 238 g/mol. The van der Waals surface area contributed by atoms with E-state index in [-0.39, 0.29) is 0 Å². The van der Waals surface area contributed by atoms with Gasteiger partial charge in [0.05, 0.1) is 0 Å². The molecule has 0 spiro atoms. The minimum Gasteiger partial charge on any atom is -0.330 e. The van der Waals surface area contributed by atoms with E-state index >= 15 is 0 Å². The second-order valence-electron chi connectivity index (χ2n) is 4.09. The predicted molar refractivity (Wildman–Crippen MR) is 65.5 cm³/mol. The van der Waals surface area contributed by atoms with E-state index in [1.165, 1.54) is 15.6 Å². The number of hydrogen-bond donors (Lipinski definition) is 1. The van der Waals surface area contributed by atoms with E-state index < -0.39 is 0 Å². The molecule has 14 heavy (non-hydrogen) atoms. The molecule has 0 amide bonds. The Kier molecular flexibility index (Phi) is 4.14. The quantitative estimate of drug-likeness (QED) is 0.880. The Labute approximate surface area is 94.8 Å². The van der Waals surface area contributed by atoms with Gasteiger partial charge in [-0.15, -0.1) is 0 Å². The van der Waals surface area contributed by atoms with Crippen LogP contribution in [0.5, 0.6) is 0 Å². The third-order valence-electron chi connectivity index (χ3n) is 2.67. The Balaban J connectivity index is 3.00. The Morgan fingerprint density at radius 1 is 1.36 bits per heavy atom. The van der Waals surface area contributed by atoms with Gasteiger partial charge in [0.1, 0.15) is 0 Å². The molecule has 1 atom stereocenters. The SMILES string of the molecule is Cc1cc(C(CN)C(C)C)ccc1Br. The maximum absolute atomic E-state index is 5.78. The Bertz CT molecular complexity index is 307. The molecule has 0 fully saturated rings. The summed E-state index contributed by atoms with van der Waals surface area (Å²) in [6.07, 6.45) is 0. The van der Waals surface area contributed by atoms with Crippen molar-refractivity contribution in [3.05, 3.63) is 33.8 Å². The molecule has 0 aliphatic rings. The fourth-order valence-corrected chi connectivity index (χ4v) is 1.94. The second kappa shape index (κ2) is 4.94. The summed E-state index contributed by atoms with van der Waals surface area (Å²) in [4.78, 5) is 0. The van der Waals surface area contributed by atoms with Crippen LogP contribution in [0, 0.1) is 12.8 Å². The second-order valence-corrected chi connectivity index (χ2v) is 4.95. The third-order valence-corrected chi connectivity index (χ3v) is 3.56. The third kappa shape index (κ3) is 2.58. The Hall–Kier alpha value is -0.340. The number of rotatable bonds is 3. The van der Waals surface area contributed by atoms with Gasteiger partial charge < -0.3 is 5.73 Å². The van der Waals surface area contributed by atoms with E-state index in [1.807, 2.05) is 0 Å². The molecular formula is C12H18BrN. The number of halogens is 1. The number of benzene rings is 1. The van der Waals surface area contributed by atoms with Gasteiger partial charge in [0.25, 0.3) is 0 Å². The fraction of sp³-hybridized carbons (Fsp3) is 0.500. The van der Waals surface area contributed by atoms with Crippen LogP contribution in [-0.4, -0.2) is 6.54 Å². The maximum atomic E-state index is 5.78. The molecule has 1 unspecified atom stereocenters. The number of hydrogen-bond acceptors (Lipinski definition) is 1. The van der Waals surface area contributed by atoms with Gasteiger partial charge in [-0.25, -0.2) is 0 Å². The number of nitrogens with two attached hydrogens (primary N) is 1. The minimum absolute atomic E-state index is 0.474. The predicted octanol–water partition coefficient (Wildman–Crippen LogP) is 3.46. The van der Waals surface area contributed by atoms with Crippen LogP contribution in [0.4, 0.5) is 0 Å². The monoisotopic (exact) mass is 255 g/mol.